The van der Waals surface area contributed by atoms with E-state index in [4.69, 9.17) is 0 Å². The number of hydrogen-bond acceptors (Lipinski definition) is 3. The van der Waals surface area contributed by atoms with E-state index >= 15 is 0 Å². The molecule has 0 bridgehead atoms. The van der Waals surface area contributed by atoms with Gasteiger partial charge in [-0.3, -0.25) is 9.59 Å². The largest absolute Gasteiger partial charge is 0.356 e. The van der Waals surface area contributed by atoms with Crippen molar-refractivity contribution in [1.82, 2.24) is 16.0 Å². The van der Waals surface area contributed by atoms with Crippen molar-refractivity contribution in [2.45, 2.75) is 32.2 Å². The summed E-state index contributed by atoms with van der Waals surface area (Å²) in [6.45, 7) is 3.63. The van der Waals surface area contributed by atoms with Crippen LogP contribution in [0.5, 0.6) is 0 Å². The molecule has 0 radical (unpaired) electrons. The maximum atomic E-state index is 12.2. The lowest BCUT2D eigenvalue weighted by Crippen LogP contribution is -2.42. The predicted molar refractivity (Wildman–Crippen MR) is 94.0 cm³/mol. The van der Waals surface area contributed by atoms with Crippen molar-refractivity contribution in [3.8, 4) is 0 Å². The first-order valence-corrected chi connectivity index (χ1v) is 7.92. The highest BCUT2D eigenvalue weighted by molar-refractivity contribution is 5.94. The maximum absolute atomic E-state index is 12.2. The maximum Gasteiger partial charge on any atom is 0.251 e. The number of amides is 2. The summed E-state index contributed by atoms with van der Waals surface area (Å²) in [5.41, 5.74) is 1.71. The first kappa shape index (κ1) is 19.5. The molecule has 1 saturated heterocycles. The number of nitrogens with one attached hydrogen (secondary N) is 3. The number of carbonyl (C=O) groups is 2. The first-order valence-electron chi connectivity index (χ1n) is 7.92. The second kappa shape index (κ2) is 9.53. The second-order valence-corrected chi connectivity index (χ2v) is 5.90. The second-order valence-electron chi connectivity index (χ2n) is 5.90. The summed E-state index contributed by atoms with van der Waals surface area (Å²) >= 11 is 0. The Morgan fingerprint density at radius 2 is 2.13 bits per heavy atom. The summed E-state index contributed by atoms with van der Waals surface area (Å²) in [5.74, 6) is 0.179. The molecule has 1 aliphatic rings. The van der Waals surface area contributed by atoms with Crippen LogP contribution in [0.15, 0.2) is 24.3 Å². The quantitative estimate of drug-likeness (QED) is 0.761. The molecule has 128 valence electrons. The summed E-state index contributed by atoms with van der Waals surface area (Å²) in [5, 5.41) is 8.99. The molecule has 1 aromatic rings. The molecule has 0 aromatic heterocycles. The molecule has 3 N–H and O–H groups in total. The third-order valence-electron chi connectivity index (χ3n) is 4.12. The molecule has 1 heterocycles. The fourth-order valence-electron chi connectivity index (χ4n) is 2.86. The van der Waals surface area contributed by atoms with Crippen molar-refractivity contribution < 1.29 is 9.59 Å². The number of halogens is 1. The highest BCUT2D eigenvalue weighted by atomic mass is 35.5. The Morgan fingerprint density at radius 1 is 1.35 bits per heavy atom. The van der Waals surface area contributed by atoms with Crippen molar-refractivity contribution in [2.75, 3.05) is 20.1 Å². The molecule has 6 heteroatoms. The topological polar surface area (TPSA) is 70.2 Å². The zero-order chi connectivity index (χ0) is 15.9. The molecule has 1 aromatic carbocycles. The lowest BCUT2D eigenvalue weighted by molar-refractivity contribution is -0.126. The number of carbonyl (C=O) groups excluding carboxylic acids is 2. The molecular formula is C17H26ClN3O2. The van der Waals surface area contributed by atoms with Crippen LogP contribution in [0.4, 0.5) is 0 Å². The van der Waals surface area contributed by atoms with E-state index in [0.717, 1.165) is 31.4 Å². The smallest absolute Gasteiger partial charge is 0.251 e. The molecule has 1 fully saturated rings. The Hall–Kier alpha value is -1.59. The van der Waals surface area contributed by atoms with Crippen LogP contribution in [0, 0.1) is 5.92 Å². The standard InChI is InChI=1S/C17H25N3O2.ClH/c1-12-10-15(7-9-19-12)17(22)20-8-6-13-4-3-5-14(11-13)16(21)18-2;/h3-5,11-12,15,19H,6-10H2,1-2H3,(H,18,21)(H,20,22);1H/t12-,15-;/m0./s1. The molecule has 2 rings (SSSR count). The van der Waals surface area contributed by atoms with E-state index < -0.39 is 0 Å². The summed E-state index contributed by atoms with van der Waals surface area (Å²) in [6.07, 6.45) is 2.54. The average Bonchev–Trinajstić information content (AvgIpc) is 2.54. The number of piperidine rings is 1. The minimum Gasteiger partial charge on any atom is -0.356 e. The summed E-state index contributed by atoms with van der Waals surface area (Å²) in [6, 6.07) is 7.92. The van der Waals surface area contributed by atoms with Gasteiger partial charge in [-0.15, -0.1) is 12.4 Å². The molecular weight excluding hydrogens is 314 g/mol. The molecule has 1 aliphatic heterocycles. The third kappa shape index (κ3) is 5.84. The van der Waals surface area contributed by atoms with Crippen LogP contribution in [-0.2, 0) is 11.2 Å². The zero-order valence-corrected chi connectivity index (χ0v) is 14.5. The Labute approximate surface area is 144 Å². The highest BCUT2D eigenvalue weighted by Crippen LogP contribution is 2.16. The minimum absolute atomic E-state index is 0. The van der Waals surface area contributed by atoms with Gasteiger partial charge in [0.25, 0.3) is 5.91 Å². The van der Waals surface area contributed by atoms with Gasteiger partial charge in [-0.1, -0.05) is 12.1 Å². The molecule has 0 aliphatic carbocycles. The van der Waals surface area contributed by atoms with Crippen LogP contribution in [0.3, 0.4) is 0 Å². The van der Waals surface area contributed by atoms with Gasteiger partial charge in [0.2, 0.25) is 5.91 Å². The predicted octanol–water partition coefficient (Wildman–Crippen LogP) is 1.51. The lowest BCUT2D eigenvalue weighted by atomic mass is 9.92. The van der Waals surface area contributed by atoms with Crippen molar-refractivity contribution in [2.24, 2.45) is 5.92 Å². The zero-order valence-electron chi connectivity index (χ0n) is 13.7. The first-order chi connectivity index (χ1) is 10.6. The van der Waals surface area contributed by atoms with Crippen LogP contribution in [0.25, 0.3) is 0 Å². The van der Waals surface area contributed by atoms with E-state index in [1.54, 1.807) is 13.1 Å². The Morgan fingerprint density at radius 3 is 2.83 bits per heavy atom. The molecule has 23 heavy (non-hydrogen) atoms. The Balaban J connectivity index is 0.00000264. The molecule has 5 nitrogen and oxygen atoms in total. The van der Waals surface area contributed by atoms with Gasteiger partial charge in [0.1, 0.15) is 0 Å². The van der Waals surface area contributed by atoms with E-state index in [1.165, 1.54) is 0 Å². The van der Waals surface area contributed by atoms with E-state index in [0.29, 0.717) is 18.2 Å². The summed E-state index contributed by atoms with van der Waals surface area (Å²) in [4.78, 5) is 23.8. The Kier molecular flexibility index (Phi) is 8.06. The van der Waals surface area contributed by atoms with Crippen LogP contribution < -0.4 is 16.0 Å². The van der Waals surface area contributed by atoms with Crippen LogP contribution in [0.1, 0.15) is 35.7 Å². The third-order valence-corrected chi connectivity index (χ3v) is 4.12. The molecule has 2 amide bonds. The van der Waals surface area contributed by atoms with Crippen LogP contribution in [-0.4, -0.2) is 38.0 Å². The summed E-state index contributed by atoms with van der Waals surface area (Å²) in [7, 11) is 1.62. The molecule has 0 unspecified atom stereocenters. The number of benzene rings is 1. The Bertz CT molecular complexity index is 536. The van der Waals surface area contributed by atoms with E-state index in [2.05, 4.69) is 22.9 Å². The lowest BCUT2D eigenvalue weighted by Gasteiger charge is -2.27. The monoisotopic (exact) mass is 339 g/mol. The number of rotatable bonds is 5. The fourth-order valence-corrected chi connectivity index (χ4v) is 2.86. The number of hydrogen-bond donors (Lipinski definition) is 3. The molecule has 2 atom stereocenters. The van der Waals surface area contributed by atoms with Crippen LogP contribution in [0.2, 0.25) is 0 Å². The van der Waals surface area contributed by atoms with Gasteiger partial charge in [0.05, 0.1) is 0 Å². The SMILES string of the molecule is CNC(=O)c1cccc(CCNC(=O)[C@H]2CCN[C@@H](C)C2)c1.Cl. The molecule has 0 saturated carbocycles. The van der Waals surface area contributed by atoms with Crippen molar-refractivity contribution >= 4 is 24.2 Å². The minimum atomic E-state index is -0.0884. The highest BCUT2D eigenvalue weighted by Gasteiger charge is 2.24. The van der Waals surface area contributed by atoms with E-state index in [9.17, 15) is 9.59 Å². The van der Waals surface area contributed by atoms with E-state index in [1.807, 2.05) is 18.2 Å². The van der Waals surface area contributed by atoms with Crippen molar-refractivity contribution in [3.63, 3.8) is 0 Å². The van der Waals surface area contributed by atoms with Gasteiger partial charge in [-0.2, -0.15) is 0 Å². The average molecular weight is 340 g/mol. The van der Waals surface area contributed by atoms with Gasteiger partial charge in [0.15, 0.2) is 0 Å². The van der Waals surface area contributed by atoms with Gasteiger partial charge in [0, 0.05) is 31.1 Å². The molecule has 0 spiro atoms. The van der Waals surface area contributed by atoms with Gasteiger partial charge < -0.3 is 16.0 Å². The van der Waals surface area contributed by atoms with Gasteiger partial charge in [-0.05, 0) is 50.4 Å². The van der Waals surface area contributed by atoms with Gasteiger partial charge in [-0.25, -0.2) is 0 Å². The van der Waals surface area contributed by atoms with Crippen molar-refractivity contribution in [1.29, 1.82) is 0 Å². The van der Waals surface area contributed by atoms with Gasteiger partial charge >= 0.3 is 0 Å². The fraction of sp³-hybridized carbons (Fsp3) is 0.529. The summed E-state index contributed by atoms with van der Waals surface area (Å²) < 4.78 is 0. The van der Waals surface area contributed by atoms with Crippen molar-refractivity contribution in [3.05, 3.63) is 35.4 Å². The normalized spacial score (nSPS) is 20.3. The van der Waals surface area contributed by atoms with Crippen LogP contribution >= 0.6 is 12.4 Å². The van der Waals surface area contributed by atoms with E-state index in [-0.39, 0.29) is 30.1 Å².